The highest BCUT2D eigenvalue weighted by Crippen LogP contribution is 2.31. The van der Waals surface area contributed by atoms with Crippen LogP contribution in [0.5, 0.6) is 0 Å². The molecule has 2 aromatic heterocycles. The van der Waals surface area contributed by atoms with Gasteiger partial charge in [0.15, 0.2) is 11.9 Å². The van der Waals surface area contributed by atoms with Crippen molar-refractivity contribution in [2.45, 2.75) is 69.5 Å². The lowest BCUT2D eigenvalue weighted by Gasteiger charge is -2.16. The quantitative estimate of drug-likeness (QED) is 0.432. The summed E-state index contributed by atoms with van der Waals surface area (Å²) in [5, 5.41) is 29.5. The van der Waals surface area contributed by atoms with Crippen molar-refractivity contribution in [3.63, 3.8) is 0 Å². The zero-order chi connectivity index (χ0) is 19.2. The van der Waals surface area contributed by atoms with Gasteiger partial charge in [-0.3, -0.25) is 4.57 Å². The zero-order valence-corrected chi connectivity index (χ0v) is 15.4. The van der Waals surface area contributed by atoms with Gasteiger partial charge >= 0.3 is 0 Å². The number of ether oxygens (including phenoxy) is 1. The molecule has 0 radical (unpaired) electrons. The van der Waals surface area contributed by atoms with Crippen LogP contribution in [0.1, 0.15) is 50.4 Å². The SMILES string of the molecule is NCCCCCCCCc1ncnc2c1ncn2[C@@H]1O[C@H](CO)[C@@H](O)[C@H]1O. The largest absolute Gasteiger partial charge is 0.394 e. The van der Waals surface area contributed by atoms with Crippen molar-refractivity contribution in [2.75, 3.05) is 13.2 Å². The molecule has 0 aliphatic carbocycles. The van der Waals surface area contributed by atoms with Crippen molar-refractivity contribution < 1.29 is 20.1 Å². The summed E-state index contributed by atoms with van der Waals surface area (Å²) in [4.78, 5) is 13.0. The van der Waals surface area contributed by atoms with Gasteiger partial charge in [0.2, 0.25) is 0 Å². The van der Waals surface area contributed by atoms with E-state index in [9.17, 15) is 15.3 Å². The van der Waals surface area contributed by atoms with Crippen LogP contribution in [-0.2, 0) is 11.2 Å². The summed E-state index contributed by atoms with van der Waals surface area (Å²) >= 11 is 0. The molecule has 0 spiro atoms. The fourth-order valence-corrected chi connectivity index (χ4v) is 3.52. The molecule has 1 aliphatic heterocycles. The van der Waals surface area contributed by atoms with Gasteiger partial charge in [-0.15, -0.1) is 0 Å². The van der Waals surface area contributed by atoms with Crippen molar-refractivity contribution in [1.29, 1.82) is 0 Å². The van der Waals surface area contributed by atoms with Crippen LogP contribution in [-0.4, -0.2) is 66.3 Å². The van der Waals surface area contributed by atoms with E-state index in [1.165, 1.54) is 31.9 Å². The first-order valence-corrected chi connectivity index (χ1v) is 9.66. The molecule has 3 rings (SSSR count). The minimum absolute atomic E-state index is 0.368. The first kappa shape index (κ1) is 20.1. The molecule has 9 heteroatoms. The maximum atomic E-state index is 10.2. The molecule has 0 amide bonds. The summed E-state index contributed by atoms with van der Waals surface area (Å²) in [6, 6.07) is 0. The minimum Gasteiger partial charge on any atom is -0.394 e. The molecule has 2 aromatic rings. The smallest absolute Gasteiger partial charge is 0.165 e. The second-order valence-corrected chi connectivity index (χ2v) is 7.03. The highest BCUT2D eigenvalue weighted by molar-refractivity contribution is 5.73. The Bertz CT molecular complexity index is 725. The first-order valence-electron chi connectivity index (χ1n) is 9.66. The third-order valence-electron chi connectivity index (χ3n) is 5.09. The predicted molar refractivity (Wildman–Crippen MR) is 98.8 cm³/mol. The predicted octanol–water partition coefficient (Wildman–Crippen LogP) is 0.280. The van der Waals surface area contributed by atoms with Crippen LogP contribution in [0.4, 0.5) is 0 Å². The van der Waals surface area contributed by atoms with Gasteiger partial charge in [-0.2, -0.15) is 0 Å². The van der Waals surface area contributed by atoms with E-state index in [1.807, 2.05) is 0 Å². The first-order chi connectivity index (χ1) is 13.2. The summed E-state index contributed by atoms with van der Waals surface area (Å²) in [6.45, 7) is 0.393. The Morgan fingerprint density at radius 1 is 1.00 bits per heavy atom. The number of nitrogens with two attached hydrogens (primary N) is 1. The van der Waals surface area contributed by atoms with Gasteiger partial charge in [0.1, 0.15) is 30.2 Å². The second-order valence-electron chi connectivity index (χ2n) is 7.03. The van der Waals surface area contributed by atoms with E-state index >= 15 is 0 Å². The second kappa shape index (κ2) is 9.52. The summed E-state index contributed by atoms with van der Waals surface area (Å²) in [5.74, 6) is 0. The molecule has 0 bridgehead atoms. The number of imidazole rings is 1. The van der Waals surface area contributed by atoms with Crippen molar-refractivity contribution in [2.24, 2.45) is 5.73 Å². The monoisotopic (exact) mass is 379 g/mol. The van der Waals surface area contributed by atoms with Gasteiger partial charge in [0, 0.05) is 0 Å². The molecular formula is C18H29N5O4. The van der Waals surface area contributed by atoms with E-state index in [1.54, 1.807) is 4.57 Å². The Hall–Kier alpha value is -1.65. The van der Waals surface area contributed by atoms with Crippen molar-refractivity contribution >= 4 is 11.2 Å². The highest BCUT2D eigenvalue weighted by atomic mass is 16.6. The standard InChI is InChI=1S/C18H29N5O4/c19-8-6-4-2-1-3-5-7-12-14-17(21-10-20-12)23(11-22-14)18-16(26)15(25)13(9-24)27-18/h10-11,13,15-16,18,24-26H,1-9,19H2/t13-,15-,16-,18-/m1/s1. The van der Waals surface area contributed by atoms with Crippen molar-refractivity contribution in [3.8, 4) is 0 Å². The fourth-order valence-electron chi connectivity index (χ4n) is 3.52. The number of nitrogens with zero attached hydrogens (tertiary/aromatic N) is 4. The third kappa shape index (κ3) is 4.44. The molecule has 3 heterocycles. The maximum absolute atomic E-state index is 10.2. The van der Waals surface area contributed by atoms with Gasteiger partial charge < -0.3 is 25.8 Å². The Labute approximate surface area is 158 Å². The minimum atomic E-state index is -1.16. The maximum Gasteiger partial charge on any atom is 0.165 e. The van der Waals surface area contributed by atoms with Crippen LogP contribution in [0, 0.1) is 0 Å². The summed E-state index contributed by atoms with van der Waals surface area (Å²) < 4.78 is 7.17. The van der Waals surface area contributed by atoms with Gasteiger partial charge in [-0.1, -0.05) is 25.7 Å². The van der Waals surface area contributed by atoms with Crippen LogP contribution >= 0.6 is 0 Å². The number of unbranched alkanes of at least 4 members (excludes halogenated alkanes) is 5. The van der Waals surface area contributed by atoms with Crippen LogP contribution in [0.2, 0.25) is 0 Å². The molecule has 0 aromatic carbocycles. The molecule has 0 unspecified atom stereocenters. The number of aliphatic hydroxyl groups is 3. The lowest BCUT2D eigenvalue weighted by atomic mass is 10.1. The normalized spacial score (nSPS) is 25.5. The van der Waals surface area contributed by atoms with Crippen LogP contribution in [0.25, 0.3) is 11.2 Å². The molecule has 27 heavy (non-hydrogen) atoms. The number of aliphatic hydroxyl groups excluding tert-OH is 3. The number of hydrogen-bond acceptors (Lipinski definition) is 8. The zero-order valence-electron chi connectivity index (χ0n) is 15.4. The number of hydrogen-bond donors (Lipinski definition) is 4. The van der Waals surface area contributed by atoms with Crippen molar-refractivity contribution in [1.82, 2.24) is 19.5 Å². The summed E-state index contributed by atoms with van der Waals surface area (Å²) in [5.41, 5.74) is 7.60. The molecule has 9 nitrogen and oxygen atoms in total. The average Bonchev–Trinajstić information content (AvgIpc) is 3.23. The van der Waals surface area contributed by atoms with Crippen molar-refractivity contribution in [3.05, 3.63) is 18.3 Å². The molecule has 4 atom stereocenters. The van der Waals surface area contributed by atoms with E-state index in [2.05, 4.69) is 15.0 Å². The fraction of sp³-hybridized carbons (Fsp3) is 0.722. The molecule has 0 saturated carbocycles. The number of fused-ring (bicyclic) bond motifs is 1. The van der Waals surface area contributed by atoms with E-state index in [0.717, 1.165) is 37.9 Å². The molecule has 1 aliphatic rings. The Kier molecular flexibility index (Phi) is 7.08. The van der Waals surface area contributed by atoms with E-state index in [0.29, 0.717) is 11.2 Å². The number of aryl methyl sites for hydroxylation is 1. The topological polar surface area (TPSA) is 140 Å². The van der Waals surface area contributed by atoms with E-state index in [-0.39, 0.29) is 6.61 Å². The average molecular weight is 379 g/mol. The van der Waals surface area contributed by atoms with E-state index < -0.39 is 24.5 Å². The Morgan fingerprint density at radius 2 is 1.74 bits per heavy atom. The van der Waals surface area contributed by atoms with Gasteiger partial charge in [-0.25, -0.2) is 15.0 Å². The van der Waals surface area contributed by atoms with Crippen LogP contribution in [0.15, 0.2) is 12.7 Å². The van der Waals surface area contributed by atoms with Gasteiger partial charge in [0.25, 0.3) is 0 Å². The molecule has 1 saturated heterocycles. The third-order valence-corrected chi connectivity index (χ3v) is 5.09. The molecule has 1 fully saturated rings. The Balaban J connectivity index is 1.65. The molecular weight excluding hydrogens is 350 g/mol. The molecule has 150 valence electrons. The lowest BCUT2D eigenvalue weighted by Crippen LogP contribution is -2.33. The lowest BCUT2D eigenvalue weighted by molar-refractivity contribution is -0.0511. The highest BCUT2D eigenvalue weighted by Gasteiger charge is 2.43. The van der Waals surface area contributed by atoms with Crippen LogP contribution in [0.3, 0.4) is 0 Å². The summed E-state index contributed by atoms with van der Waals surface area (Å²) in [6.07, 6.45) is 6.66. The van der Waals surface area contributed by atoms with Gasteiger partial charge in [0.05, 0.1) is 18.6 Å². The number of aromatic nitrogens is 4. The van der Waals surface area contributed by atoms with Crippen LogP contribution < -0.4 is 5.73 Å². The molecule has 5 N–H and O–H groups in total. The summed E-state index contributed by atoms with van der Waals surface area (Å²) in [7, 11) is 0. The number of rotatable bonds is 10. The Morgan fingerprint density at radius 3 is 2.44 bits per heavy atom. The van der Waals surface area contributed by atoms with E-state index in [4.69, 9.17) is 10.5 Å². The van der Waals surface area contributed by atoms with Gasteiger partial charge in [-0.05, 0) is 25.8 Å².